The number of aliphatic hydroxyl groups is 1. The van der Waals surface area contributed by atoms with Crippen molar-refractivity contribution in [2.75, 3.05) is 7.11 Å². The second-order valence-corrected chi connectivity index (χ2v) is 6.39. The van der Waals surface area contributed by atoms with Crippen LogP contribution in [0, 0.1) is 0 Å². The van der Waals surface area contributed by atoms with E-state index < -0.39 is 6.10 Å². The lowest BCUT2D eigenvalue weighted by Crippen LogP contribution is -2.06. The van der Waals surface area contributed by atoms with Crippen LogP contribution in [0.1, 0.15) is 41.2 Å². The number of aryl methyl sites for hydroxylation is 2. The molecule has 2 nitrogen and oxygen atoms in total. The Morgan fingerprint density at radius 2 is 1.67 bits per heavy atom. The number of hydrogen-bond donors (Lipinski definition) is 1. The molecule has 1 aliphatic carbocycles. The highest BCUT2D eigenvalue weighted by molar-refractivity contribution is 9.10. The van der Waals surface area contributed by atoms with E-state index in [1.54, 1.807) is 7.11 Å². The van der Waals surface area contributed by atoms with Crippen LogP contribution in [-0.4, -0.2) is 12.2 Å². The summed E-state index contributed by atoms with van der Waals surface area (Å²) in [7, 11) is 1.64. The molecule has 0 spiro atoms. The number of benzene rings is 2. The van der Waals surface area contributed by atoms with Gasteiger partial charge in [0.25, 0.3) is 0 Å². The summed E-state index contributed by atoms with van der Waals surface area (Å²) in [6.45, 7) is 0. The predicted molar refractivity (Wildman–Crippen MR) is 87.8 cm³/mol. The van der Waals surface area contributed by atoms with Gasteiger partial charge in [-0.2, -0.15) is 0 Å². The van der Waals surface area contributed by atoms with Crippen molar-refractivity contribution in [3.63, 3.8) is 0 Å². The number of fused-ring (bicyclic) bond motifs is 1. The Morgan fingerprint density at radius 1 is 1.00 bits per heavy atom. The first-order valence-corrected chi connectivity index (χ1v) is 8.11. The van der Waals surface area contributed by atoms with Crippen molar-refractivity contribution >= 4 is 15.9 Å². The molecule has 0 aliphatic heterocycles. The van der Waals surface area contributed by atoms with E-state index in [4.69, 9.17) is 4.74 Å². The van der Waals surface area contributed by atoms with Gasteiger partial charge < -0.3 is 9.84 Å². The molecule has 0 saturated heterocycles. The molecule has 0 fully saturated rings. The maximum atomic E-state index is 10.6. The van der Waals surface area contributed by atoms with Crippen molar-refractivity contribution in [3.8, 4) is 5.75 Å². The summed E-state index contributed by atoms with van der Waals surface area (Å²) in [6.07, 6.45) is 4.22. The second-order valence-electron chi connectivity index (χ2n) is 5.53. The van der Waals surface area contributed by atoms with Crippen molar-refractivity contribution in [2.45, 2.75) is 31.8 Å². The fourth-order valence-electron chi connectivity index (χ4n) is 2.97. The van der Waals surface area contributed by atoms with Crippen LogP contribution in [0.25, 0.3) is 0 Å². The molecule has 1 atom stereocenters. The molecule has 0 amide bonds. The van der Waals surface area contributed by atoms with Gasteiger partial charge in [-0.05, 0) is 76.0 Å². The van der Waals surface area contributed by atoms with E-state index in [0.717, 1.165) is 27.8 Å². The van der Waals surface area contributed by atoms with Crippen molar-refractivity contribution in [1.82, 2.24) is 0 Å². The topological polar surface area (TPSA) is 29.5 Å². The molecule has 3 rings (SSSR count). The molecule has 21 heavy (non-hydrogen) atoms. The molecular weight excluding hydrogens is 328 g/mol. The van der Waals surface area contributed by atoms with E-state index in [1.807, 2.05) is 24.3 Å². The number of rotatable bonds is 3. The summed E-state index contributed by atoms with van der Waals surface area (Å²) in [5, 5.41) is 10.6. The minimum Gasteiger partial charge on any atom is -0.496 e. The first kappa shape index (κ1) is 14.6. The first-order valence-electron chi connectivity index (χ1n) is 7.32. The Morgan fingerprint density at radius 3 is 2.38 bits per heavy atom. The van der Waals surface area contributed by atoms with Crippen molar-refractivity contribution in [1.29, 1.82) is 0 Å². The zero-order valence-electron chi connectivity index (χ0n) is 12.1. The smallest absolute Gasteiger partial charge is 0.133 e. The van der Waals surface area contributed by atoms with Gasteiger partial charge in [0.2, 0.25) is 0 Å². The van der Waals surface area contributed by atoms with Crippen LogP contribution in [0.5, 0.6) is 5.75 Å². The molecule has 0 saturated carbocycles. The molecule has 110 valence electrons. The maximum absolute atomic E-state index is 10.6. The third kappa shape index (κ3) is 2.99. The zero-order chi connectivity index (χ0) is 14.8. The van der Waals surface area contributed by atoms with Crippen molar-refractivity contribution in [2.24, 2.45) is 0 Å². The fraction of sp³-hybridized carbons (Fsp3) is 0.333. The van der Waals surface area contributed by atoms with Crippen LogP contribution in [0.3, 0.4) is 0 Å². The quantitative estimate of drug-likeness (QED) is 0.891. The average Bonchev–Trinajstić information content (AvgIpc) is 2.53. The highest BCUT2D eigenvalue weighted by Crippen LogP contribution is 2.32. The molecule has 0 aromatic heterocycles. The summed E-state index contributed by atoms with van der Waals surface area (Å²) in [5.41, 5.74) is 4.67. The van der Waals surface area contributed by atoms with Crippen LogP contribution in [-0.2, 0) is 12.8 Å². The summed E-state index contributed by atoms with van der Waals surface area (Å²) < 4.78 is 6.09. The minimum absolute atomic E-state index is 0.598. The lowest BCUT2D eigenvalue weighted by molar-refractivity contribution is 0.220. The van der Waals surface area contributed by atoms with E-state index in [-0.39, 0.29) is 0 Å². The average molecular weight is 347 g/mol. The molecule has 1 aliphatic rings. The van der Waals surface area contributed by atoms with Gasteiger partial charge in [0.15, 0.2) is 0 Å². The number of hydrogen-bond acceptors (Lipinski definition) is 2. The van der Waals surface area contributed by atoms with Crippen molar-refractivity contribution in [3.05, 3.63) is 63.1 Å². The Bertz CT molecular complexity index is 652. The highest BCUT2D eigenvalue weighted by Gasteiger charge is 2.16. The van der Waals surface area contributed by atoms with Crippen molar-refractivity contribution < 1.29 is 9.84 Å². The van der Waals surface area contributed by atoms with Gasteiger partial charge in [0, 0.05) is 0 Å². The molecule has 0 radical (unpaired) electrons. The second kappa shape index (κ2) is 6.20. The van der Waals surface area contributed by atoms with Crippen LogP contribution in [0.2, 0.25) is 0 Å². The van der Waals surface area contributed by atoms with Gasteiger partial charge in [-0.25, -0.2) is 0 Å². The lowest BCUT2D eigenvalue weighted by atomic mass is 9.88. The largest absolute Gasteiger partial charge is 0.496 e. The van der Waals surface area contributed by atoms with E-state index in [9.17, 15) is 5.11 Å². The van der Waals surface area contributed by atoms with E-state index in [0.29, 0.717) is 0 Å². The first-order chi connectivity index (χ1) is 10.2. The molecule has 2 aromatic rings. The van der Waals surface area contributed by atoms with Gasteiger partial charge in [-0.15, -0.1) is 0 Å². The van der Waals surface area contributed by atoms with Gasteiger partial charge in [0.1, 0.15) is 11.9 Å². The van der Waals surface area contributed by atoms with Crippen LogP contribution in [0.15, 0.2) is 40.9 Å². The monoisotopic (exact) mass is 346 g/mol. The number of halogens is 1. The van der Waals surface area contributed by atoms with Crippen LogP contribution >= 0.6 is 15.9 Å². The number of aliphatic hydroxyl groups excluding tert-OH is 1. The molecule has 2 aromatic carbocycles. The third-order valence-corrected chi connectivity index (χ3v) is 4.80. The predicted octanol–water partition coefficient (Wildman–Crippen LogP) is 4.42. The molecule has 0 bridgehead atoms. The molecule has 1 N–H and O–H groups in total. The van der Waals surface area contributed by atoms with Crippen LogP contribution in [0.4, 0.5) is 0 Å². The van der Waals surface area contributed by atoms with Gasteiger partial charge in [-0.3, -0.25) is 0 Å². The summed E-state index contributed by atoms with van der Waals surface area (Å²) in [4.78, 5) is 0. The minimum atomic E-state index is -0.598. The molecule has 0 heterocycles. The SMILES string of the molecule is COc1ccc(C(O)c2ccc3c(c2)CCCC3)cc1Br. The highest BCUT2D eigenvalue weighted by atomic mass is 79.9. The standard InChI is InChI=1S/C18H19BrO2/c1-21-17-9-8-15(11-16(17)19)18(20)14-7-6-12-4-2-3-5-13(12)10-14/h6-11,18,20H,2-5H2,1H3. The van der Waals surface area contributed by atoms with E-state index in [2.05, 4.69) is 28.1 Å². The fourth-order valence-corrected chi connectivity index (χ4v) is 3.53. The van der Waals surface area contributed by atoms with E-state index >= 15 is 0 Å². The summed E-state index contributed by atoms with van der Waals surface area (Å²) in [5.74, 6) is 0.774. The summed E-state index contributed by atoms with van der Waals surface area (Å²) >= 11 is 3.47. The third-order valence-electron chi connectivity index (χ3n) is 4.18. The molecule has 1 unspecified atom stereocenters. The number of methoxy groups -OCH3 is 1. The Labute approximate surface area is 133 Å². The van der Waals surface area contributed by atoms with Gasteiger partial charge >= 0.3 is 0 Å². The molecular formula is C18H19BrO2. The normalized spacial score (nSPS) is 15.4. The lowest BCUT2D eigenvalue weighted by Gasteiger charge is -2.19. The van der Waals surface area contributed by atoms with E-state index in [1.165, 1.54) is 30.4 Å². The van der Waals surface area contributed by atoms with Gasteiger partial charge in [0.05, 0.1) is 11.6 Å². The Hall–Kier alpha value is -1.32. The Kier molecular flexibility index (Phi) is 4.32. The Balaban J connectivity index is 1.91. The zero-order valence-corrected chi connectivity index (χ0v) is 13.7. The maximum Gasteiger partial charge on any atom is 0.133 e. The molecule has 3 heteroatoms. The summed E-state index contributed by atoms with van der Waals surface area (Å²) in [6, 6.07) is 12.1. The van der Waals surface area contributed by atoms with Crippen LogP contribution < -0.4 is 4.74 Å². The van der Waals surface area contributed by atoms with Gasteiger partial charge in [-0.1, -0.05) is 24.3 Å². The number of ether oxygens (including phenoxy) is 1.